The summed E-state index contributed by atoms with van der Waals surface area (Å²) in [6.07, 6.45) is 28.1. The Morgan fingerprint density at radius 1 is 0.511 bits per heavy atom. The number of hydrogen-bond acceptors (Lipinski definition) is 22. The molecule has 0 bridgehead atoms. The van der Waals surface area contributed by atoms with Gasteiger partial charge in [-0.1, -0.05) is 13.5 Å². The van der Waals surface area contributed by atoms with Crippen molar-refractivity contribution in [2.45, 2.75) is 133 Å². The Kier molecular flexibility index (Phi) is 67.0. The Labute approximate surface area is 928 Å². The molecule has 0 aliphatic carbocycles. The first-order valence-electron chi connectivity index (χ1n) is 39.4. The molecule has 3 radical (unpaired) electrons. The molecule has 0 unspecified atom stereocenters. The summed E-state index contributed by atoms with van der Waals surface area (Å²) in [5.74, 6) is 0.685. The minimum absolute atomic E-state index is 0. The number of aliphatic hydroxyl groups excluding tert-OH is 1. The predicted molar refractivity (Wildman–Crippen MR) is 559 cm³/mol. The van der Waals surface area contributed by atoms with E-state index in [2.05, 4.69) is 275 Å². The van der Waals surface area contributed by atoms with Crippen molar-refractivity contribution in [2.24, 2.45) is 63.4 Å². The third-order valence-electron chi connectivity index (χ3n) is 17.4. The van der Waals surface area contributed by atoms with Crippen molar-refractivity contribution in [1.29, 1.82) is 0 Å². The van der Waals surface area contributed by atoms with Gasteiger partial charge in [0, 0.05) is 180 Å². The second kappa shape index (κ2) is 69.0. The number of aryl methyl sites for hydroxylation is 8. The quantitative estimate of drug-likeness (QED) is 0.0268. The molecular weight excluding hydrogens is 2510 g/mol. The summed E-state index contributed by atoms with van der Waals surface area (Å²) in [5.41, 5.74) is 11.3. The summed E-state index contributed by atoms with van der Waals surface area (Å²) < 4.78 is 53.7. The maximum atomic E-state index is 11.2. The van der Waals surface area contributed by atoms with E-state index in [0.717, 1.165) is 102 Å². The van der Waals surface area contributed by atoms with Crippen molar-refractivity contribution < 1.29 is 93.1 Å². The Bertz CT molecular complexity index is 5680. The Morgan fingerprint density at radius 3 is 1.20 bits per heavy atom. The average molecular weight is 2620 g/mol. The number of imidazole rings is 9. The van der Waals surface area contributed by atoms with Crippen LogP contribution in [0.15, 0.2) is 179 Å². The van der Waals surface area contributed by atoms with E-state index in [0.29, 0.717) is 51.2 Å². The first-order valence-corrected chi connectivity index (χ1v) is 49.3. The molecule has 4 N–H and O–H groups in total. The van der Waals surface area contributed by atoms with Crippen LogP contribution in [0.25, 0.3) is 45.6 Å². The van der Waals surface area contributed by atoms with Crippen LogP contribution in [-0.4, -0.2) is 220 Å². The molecule has 15 aromatic rings. The first kappa shape index (κ1) is 131. The van der Waals surface area contributed by atoms with E-state index in [9.17, 15) is 29.0 Å². The first-order chi connectivity index (χ1) is 62.2. The molecular formula is C82H111B2Br11ClFMgN28NaO8. The Hall–Kier alpha value is -5.95. The third-order valence-corrected chi connectivity index (χ3v) is 24.1. The number of aromatic hydroxyl groups is 1. The number of halogens is 13. The fourth-order valence-electron chi connectivity index (χ4n) is 10.9. The topological polar surface area (TPSA) is 391 Å². The molecule has 0 aliphatic rings. The van der Waals surface area contributed by atoms with E-state index in [1.165, 1.54) is 6.07 Å². The number of nitrogens with zero attached hydrogens (tertiary/aromatic N) is 28. The summed E-state index contributed by atoms with van der Waals surface area (Å²) in [7, 11) is 14.5. The van der Waals surface area contributed by atoms with Crippen molar-refractivity contribution >= 4 is 230 Å². The number of phenols is 1. The Morgan fingerprint density at radius 2 is 0.904 bits per heavy atom. The zero-order valence-electron chi connectivity index (χ0n) is 79.7. The number of hydrogen-bond donors (Lipinski definition) is 4. The van der Waals surface area contributed by atoms with Gasteiger partial charge in [0.25, 0.3) is 0 Å². The van der Waals surface area contributed by atoms with Gasteiger partial charge in [-0.15, -0.1) is 11.6 Å². The van der Waals surface area contributed by atoms with Crippen LogP contribution in [-0.2, 0) is 82.5 Å². The molecule has 0 aliphatic heterocycles. The third kappa shape index (κ3) is 39.8. The van der Waals surface area contributed by atoms with E-state index in [4.69, 9.17) is 27.8 Å². The second-order valence-corrected chi connectivity index (χ2v) is 34.3. The summed E-state index contributed by atoms with van der Waals surface area (Å²) in [6.45, 7) is 25.6. The summed E-state index contributed by atoms with van der Waals surface area (Å²) in [5, 5.41) is 57.8. The number of ether oxygens (including phenoxy) is 1. The smallest absolute Gasteiger partial charge is 1.00 e. The number of rotatable bonds is 18. The summed E-state index contributed by atoms with van der Waals surface area (Å²) in [4.78, 5) is 69.5. The summed E-state index contributed by atoms with van der Waals surface area (Å²) >= 11 is 37.4. The molecule has 0 saturated carbocycles. The zero-order valence-corrected chi connectivity index (χ0v) is 99.3. The Balaban J connectivity index is -0.000000725. The van der Waals surface area contributed by atoms with E-state index in [1.54, 1.807) is 135 Å². The van der Waals surface area contributed by atoms with Gasteiger partial charge in [-0.05, 0) is 239 Å². The second-order valence-electron chi connectivity index (χ2n) is 28.0. The minimum Gasteiger partial charge on any atom is -1.00 e. The minimum atomic E-state index is -1.43. The number of alkyl halides is 2. The van der Waals surface area contributed by atoms with Gasteiger partial charge >= 0.3 is 59.7 Å². The average Bonchev–Trinajstić information content (AvgIpc) is 1.68. The van der Waals surface area contributed by atoms with E-state index < -0.39 is 14.3 Å². The number of aldehydes is 3. The molecule has 135 heavy (non-hydrogen) atoms. The van der Waals surface area contributed by atoms with Gasteiger partial charge in [0.1, 0.15) is 79.9 Å². The van der Waals surface area contributed by atoms with Gasteiger partial charge in [0.05, 0.1) is 116 Å². The van der Waals surface area contributed by atoms with E-state index in [-0.39, 0.29) is 136 Å². The maximum Gasteiger partial charge on any atom is 2.00 e. The fraction of sp³-hybridized carbons (Fsp3) is 0.366. The molecule has 0 spiro atoms. The van der Waals surface area contributed by atoms with Gasteiger partial charge in [-0.2, -0.15) is 32.4 Å². The fourth-order valence-corrected chi connectivity index (χ4v) is 14.8. The van der Waals surface area contributed by atoms with Crippen LogP contribution in [0, 0.1) is 6.92 Å². The maximum absolute atomic E-state index is 11.2. The normalized spacial score (nSPS) is 10.0. The van der Waals surface area contributed by atoms with Crippen molar-refractivity contribution in [3.63, 3.8) is 0 Å². The van der Waals surface area contributed by atoms with Crippen molar-refractivity contribution in [3.05, 3.63) is 220 Å². The van der Waals surface area contributed by atoms with Gasteiger partial charge in [0.15, 0.2) is 28.3 Å². The molecule has 36 nitrogen and oxygen atoms in total. The van der Waals surface area contributed by atoms with Crippen molar-refractivity contribution in [2.75, 3.05) is 7.15 Å². The molecule has 0 amide bonds. The largest absolute Gasteiger partial charge is 2.00 e. The van der Waals surface area contributed by atoms with Crippen molar-refractivity contribution in [3.8, 4) is 57.1 Å². The monoisotopic (exact) mass is 2610 g/mol. The van der Waals surface area contributed by atoms with Crippen LogP contribution in [0.4, 0.5) is 4.39 Å². The summed E-state index contributed by atoms with van der Waals surface area (Å²) in [6, 6.07) is 15.2. The standard InChI is InChI=1S/C18H20N4O3.C11H15ClN4.C11H16N4O.C11H14N4O.C6H11BN2O2.C5H5BrN2O.C4H3Br3N2.2C4H4Br2N2.C4H6N2.C2H5.CH3F.CH4.B.Br2.BrH.Mg.Na.H/c1-12(2)22-14(7-8-20-22)18-15(21(3)11-19-18)10-25-17-6-4-5-16(24)13(17)9-23;1-8(2)16-9(4-5-14-16)11-10(6-12)15(3)7-13-11;2*1-8(2)15-9(4-5-13-15)11-10(6-16)14(3)7-12-11;1-5(2)9-6(7(10)11)3-4-8-9;1-8-3-7-5(6)4(8)2-9;1-9-3(6)2(5)8-4(9)7;1-8-2-7-3(5)4(8)6;1-8-2-3(5)7-4(8)6;1-6-3-2-5-4-6;2*1-2;;;1-2;;;;/h4-9,11-12,24H,10H2,1-3H3;4-5,7-8H,6H2,1-3H3;4-5,7-8,16H,6H2,1-3H3;4-8H,1-3H3;3-5,10-11H,1-2H3;2-3H,1H3;1H3;2*2H,1H3;2-4H,1H3;1H2,2H3;1H3;1H4;;;1H;;;/q;;;;;;;;;;-1;;;;;;+2;+1;-1/p-1/i;;;;;;;;;;;1D;;;;;;;. The van der Waals surface area contributed by atoms with Crippen LogP contribution in [0.1, 0.15) is 165 Å². The molecule has 14 aromatic heterocycles. The molecule has 1 aromatic carbocycles. The van der Waals surface area contributed by atoms with Gasteiger partial charge in [-0.3, -0.25) is 42.2 Å². The predicted octanol–water partition coefficient (Wildman–Crippen LogP) is 12.9. The van der Waals surface area contributed by atoms with Crippen LogP contribution in [0.2, 0.25) is 0 Å². The molecule has 727 valence electrons. The van der Waals surface area contributed by atoms with Crippen LogP contribution in [0.5, 0.6) is 11.5 Å². The molecule has 53 heteroatoms. The van der Waals surface area contributed by atoms with Gasteiger partial charge < -0.3 is 91.4 Å². The van der Waals surface area contributed by atoms with Gasteiger partial charge in [-0.25, -0.2) is 44.9 Å². The van der Waals surface area contributed by atoms with Crippen LogP contribution < -0.4 is 56.9 Å². The van der Waals surface area contributed by atoms with E-state index in [1.807, 2.05) is 164 Å². The van der Waals surface area contributed by atoms with Crippen LogP contribution in [0.3, 0.4) is 0 Å². The van der Waals surface area contributed by atoms with Gasteiger partial charge in [0.2, 0.25) is 0 Å². The molecule has 0 atom stereocenters. The van der Waals surface area contributed by atoms with Crippen molar-refractivity contribution in [1.82, 2.24) is 135 Å². The number of carbonyl (C=O) groups is 3. The van der Waals surface area contributed by atoms with Crippen LogP contribution >= 0.6 is 167 Å². The molecule has 0 fully saturated rings. The number of carbonyl (C=O) groups excluding carboxylic acids is 3. The molecule has 14 heterocycles. The zero-order chi connectivity index (χ0) is 98.8. The molecule has 0 saturated heterocycles. The SMILES string of the molecule is BrBr.C.CC(C)n1nccc1-c1ncn(C)c1C=O.CC(C)n1nccc1-c1ncn(C)c1CCl.CC(C)n1nccc1-c1ncn(C)c1CO.CC(C)n1nccc1-c1ncn(C)c1COc1cccc(O)c1C=O.CC(C)n1nccc1B(O)O.Cn1c(Br)nc(Br)c1Br.Cn1cc(Br)nc1Br.Cn1ccnc1.Cn1cnc(Br)c1Br.Cn1cnc(Br)c1C=O.[2H]CF.[B].[Br-].[CH2-]C.[H-].[Mg+2].[Na+]. The number of benzene rings is 1. The number of phenolic OH excluding ortho intramolecular Hbond substituents is 1. The number of aliphatic hydroxyl groups is 1. The molecule has 15 rings (SSSR count). The number of aromatic nitrogens is 28. The van der Waals surface area contributed by atoms with E-state index >= 15 is 0 Å².